The Bertz CT molecular complexity index is 804. The number of nitro benzene ring substituents is 2. The zero-order valence-corrected chi connectivity index (χ0v) is 13.5. The molecule has 0 radical (unpaired) electrons. The fourth-order valence-electron chi connectivity index (χ4n) is 2.32. The van der Waals surface area contributed by atoms with Crippen molar-refractivity contribution in [1.29, 1.82) is 0 Å². The second-order valence-electron chi connectivity index (χ2n) is 5.19. The van der Waals surface area contributed by atoms with Crippen LogP contribution in [0.15, 0.2) is 42.5 Å². The molecular formula is C16H15N3O6. The number of hydrogen-bond acceptors (Lipinski definition) is 6. The molecule has 0 aliphatic rings. The molecule has 9 heteroatoms. The van der Waals surface area contributed by atoms with Gasteiger partial charge in [-0.2, -0.15) is 0 Å². The lowest BCUT2D eigenvalue weighted by Crippen LogP contribution is -2.27. The maximum atomic E-state index is 12.4. The number of non-ortho nitro benzene ring substituents is 2. The number of nitro groups is 2. The van der Waals surface area contributed by atoms with E-state index in [2.05, 4.69) is 5.32 Å². The van der Waals surface area contributed by atoms with Crippen molar-refractivity contribution in [1.82, 2.24) is 5.32 Å². The Morgan fingerprint density at radius 2 is 1.64 bits per heavy atom. The van der Waals surface area contributed by atoms with Crippen molar-refractivity contribution in [2.24, 2.45) is 0 Å². The zero-order chi connectivity index (χ0) is 18.6. The minimum absolute atomic E-state index is 0.164. The number of methoxy groups -OCH3 is 1. The molecule has 1 unspecified atom stereocenters. The van der Waals surface area contributed by atoms with Crippen molar-refractivity contribution >= 4 is 17.3 Å². The molecule has 0 heterocycles. The van der Waals surface area contributed by atoms with Gasteiger partial charge in [-0.1, -0.05) is 18.2 Å². The number of amides is 1. The first-order valence-electron chi connectivity index (χ1n) is 7.21. The first-order valence-corrected chi connectivity index (χ1v) is 7.21. The molecule has 2 aromatic carbocycles. The van der Waals surface area contributed by atoms with E-state index in [1.54, 1.807) is 31.2 Å². The summed E-state index contributed by atoms with van der Waals surface area (Å²) in [4.78, 5) is 32.6. The van der Waals surface area contributed by atoms with E-state index in [-0.39, 0.29) is 5.56 Å². The van der Waals surface area contributed by atoms with E-state index < -0.39 is 33.2 Å². The molecule has 0 aromatic heterocycles. The summed E-state index contributed by atoms with van der Waals surface area (Å²) in [6.07, 6.45) is 0. The fourth-order valence-corrected chi connectivity index (χ4v) is 2.32. The quantitative estimate of drug-likeness (QED) is 0.634. The number of nitrogens with zero attached hydrogens (tertiary/aromatic N) is 2. The zero-order valence-electron chi connectivity index (χ0n) is 13.5. The van der Waals surface area contributed by atoms with E-state index in [1.807, 2.05) is 0 Å². The van der Waals surface area contributed by atoms with Gasteiger partial charge < -0.3 is 10.1 Å². The van der Waals surface area contributed by atoms with Gasteiger partial charge in [0.15, 0.2) is 0 Å². The number of hydrogen-bond donors (Lipinski definition) is 1. The van der Waals surface area contributed by atoms with E-state index in [0.717, 1.165) is 18.2 Å². The standard InChI is InChI=1S/C16H15N3O6/c1-10(14-5-3-4-6-15(14)25-2)17-16(20)11-7-12(18(21)22)9-13(8-11)19(23)24/h3-10H,1-2H3,(H,17,20). The van der Waals surface area contributed by atoms with Gasteiger partial charge in [-0.15, -0.1) is 0 Å². The lowest BCUT2D eigenvalue weighted by Gasteiger charge is -2.17. The van der Waals surface area contributed by atoms with Crippen LogP contribution < -0.4 is 10.1 Å². The van der Waals surface area contributed by atoms with Gasteiger partial charge in [0.25, 0.3) is 17.3 Å². The average Bonchev–Trinajstić information content (AvgIpc) is 2.60. The van der Waals surface area contributed by atoms with Crippen LogP contribution >= 0.6 is 0 Å². The van der Waals surface area contributed by atoms with E-state index in [4.69, 9.17) is 4.74 Å². The van der Waals surface area contributed by atoms with Crippen molar-refractivity contribution in [2.75, 3.05) is 7.11 Å². The molecule has 0 aliphatic carbocycles. The number of carbonyl (C=O) groups excluding carboxylic acids is 1. The average molecular weight is 345 g/mol. The molecule has 2 aromatic rings. The maximum absolute atomic E-state index is 12.4. The van der Waals surface area contributed by atoms with Gasteiger partial charge in [-0.3, -0.25) is 25.0 Å². The Morgan fingerprint density at radius 3 is 2.16 bits per heavy atom. The fraction of sp³-hybridized carbons (Fsp3) is 0.188. The van der Waals surface area contributed by atoms with Crippen molar-refractivity contribution in [3.63, 3.8) is 0 Å². The first kappa shape index (κ1) is 17.9. The van der Waals surface area contributed by atoms with Crippen LogP contribution in [0.2, 0.25) is 0 Å². The monoisotopic (exact) mass is 345 g/mol. The summed E-state index contributed by atoms with van der Waals surface area (Å²) >= 11 is 0. The van der Waals surface area contributed by atoms with E-state index in [9.17, 15) is 25.0 Å². The molecule has 1 N–H and O–H groups in total. The summed E-state index contributed by atoms with van der Waals surface area (Å²) in [6.45, 7) is 1.71. The Balaban J connectivity index is 2.31. The van der Waals surface area contributed by atoms with Crippen molar-refractivity contribution in [3.8, 4) is 5.75 Å². The summed E-state index contributed by atoms with van der Waals surface area (Å²) in [5.41, 5.74) is -0.505. The summed E-state index contributed by atoms with van der Waals surface area (Å²) < 4.78 is 5.22. The maximum Gasteiger partial charge on any atom is 0.277 e. The third kappa shape index (κ3) is 4.08. The lowest BCUT2D eigenvalue weighted by atomic mass is 10.1. The van der Waals surface area contributed by atoms with Gasteiger partial charge in [0.1, 0.15) is 5.75 Å². The number of benzene rings is 2. The highest BCUT2D eigenvalue weighted by atomic mass is 16.6. The molecule has 0 bridgehead atoms. The largest absolute Gasteiger partial charge is 0.496 e. The number of ether oxygens (including phenoxy) is 1. The highest BCUT2D eigenvalue weighted by Crippen LogP contribution is 2.26. The van der Waals surface area contributed by atoms with E-state index in [0.29, 0.717) is 11.3 Å². The van der Waals surface area contributed by atoms with Crippen molar-refractivity contribution in [2.45, 2.75) is 13.0 Å². The molecule has 0 saturated heterocycles. The van der Waals surface area contributed by atoms with Gasteiger partial charge in [0.2, 0.25) is 0 Å². The molecule has 0 fully saturated rings. The minimum Gasteiger partial charge on any atom is -0.496 e. The lowest BCUT2D eigenvalue weighted by molar-refractivity contribution is -0.394. The highest BCUT2D eigenvalue weighted by molar-refractivity contribution is 5.95. The van der Waals surface area contributed by atoms with Gasteiger partial charge in [-0.25, -0.2) is 0 Å². The number of carbonyl (C=O) groups is 1. The SMILES string of the molecule is COc1ccccc1C(C)NC(=O)c1cc([N+](=O)[O-])cc([N+](=O)[O-])c1. The van der Waals surface area contributed by atoms with Crippen LogP contribution in [0.4, 0.5) is 11.4 Å². The van der Waals surface area contributed by atoms with Crippen LogP contribution in [-0.4, -0.2) is 22.9 Å². The van der Waals surface area contributed by atoms with Crippen molar-refractivity contribution < 1.29 is 19.4 Å². The first-order chi connectivity index (χ1) is 11.8. The highest BCUT2D eigenvalue weighted by Gasteiger charge is 2.21. The molecule has 130 valence electrons. The normalized spacial score (nSPS) is 11.4. The summed E-state index contributed by atoms with van der Waals surface area (Å²) in [5.74, 6) is -0.0921. The smallest absolute Gasteiger partial charge is 0.277 e. The van der Waals surface area contributed by atoms with Crippen molar-refractivity contribution in [3.05, 3.63) is 73.8 Å². The number of rotatable bonds is 6. The molecular weight excluding hydrogens is 330 g/mol. The predicted molar refractivity (Wildman–Crippen MR) is 88.6 cm³/mol. The predicted octanol–water partition coefficient (Wildman–Crippen LogP) is 3.00. The molecule has 2 rings (SSSR count). The van der Waals surface area contributed by atoms with E-state index in [1.165, 1.54) is 7.11 Å². The summed E-state index contributed by atoms with van der Waals surface area (Å²) in [5, 5.41) is 24.5. The van der Waals surface area contributed by atoms with E-state index >= 15 is 0 Å². The molecule has 0 saturated carbocycles. The number of para-hydroxylation sites is 1. The third-order valence-electron chi connectivity index (χ3n) is 3.54. The van der Waals surface area contributed by atoms with Gasteiger partial charge in [0.05, 0.1) is 34.6 Å². The van der Waals surface area contributed by atoms with Crippen LogP contribution in [0.25, 0.3) is 0 Å². The Labute approximate surface area is 142 Å². The second kappa shape index (κ2) is 7.39. The molecule has 1 atom stereocenters. The van der Waals surface area contributed by atoms with Gasteiger partial charge >= 0.3 is 0 Å². The topological polar surface area (TPSA) is 125 Å². The summed E-state index contributed by atoms with van der Waals surface area (Å²) in [7, 11) is 1.50. The Kier molecular flexibility index (Phi) is 5.28. The Morgan fingerprint density at radius 1 is 1.08 bits per heavy atom. The van der Waals surface area contributed by atoms with Gasteiger partial charge in [0, 0.05) is 17.7 Å². The molecule has 25 heavy (non-hydrogen) atoms. The molecule has 0 spiro atoms. The summed E-state index contributed by atoms with van der Waals surface area (Å²) in [6, 6.07) is 9.38. The van der Waals surface area contributed by atoms with Crippen LogP contribution in [0, 0.1) is 20.2 Å². The third-order valence-corrected chi connectivity index (χ3v) is 3.54. The molecule has 0 aliphatic heterocycles. The Hall–Kier alpha value is -3.49. The molecule has 1 amide bonds. The van der Waals surface area contributed by atoms with Crippen LogP contribution in [0.3, 0.4) is 0 Å². The van der Waals surface area contributed by atoms with Gasteiger partial charge in [-0.05, 0) is 13.0 Å². The van der Waals surface area contributed by atoms with Crippen LogP contribution in [-0.2, 0) is 0 Å². The second-order valence-corrected chi connectivity index (χ2v) is 5.19. The number of nitrogens with one attached hydrogen (secondary N) is 1. The van der Waals surface area contributed by atoms with Crippen LogP contribution in [0.1, 0.15) is 28.9 Å². The van der Waals surface area contributed by atoms with Crippen LogP contribution in [0.5, 0.6) is 5.75 Å². The minimum atomic E-state index is -0.784. The molecule has 9 nitrogen and oxygen atoms in total.